The Labute approximate surface area is 141 Å². The Balaban J connectivity index is 1.66. The summed E-state index contributed by atoms with van der Waals surface area (Å²) in [5, 5.41) is 4.10. The van der Waals surface area contributed by atoms with E-state index in [9.17, 15) is 0 Å². The molecule has 1 fully saturated rings. The Bertz CT molecular complexity index is 648. The van der Waals surface area contributed by atoms with E-state index in [1.54, 1.807) is 11.3 Å². The molecule has 0 amide bonds. The summed E-state index contributed by atoms with van der Waals surface area (Å²) in [5.41, 5.74) is 7.16. The van der Waals surface area contributed by atoms with E-state index in [0.29, 0.717) is 5.82 Å². The molecule has 3 N–H and O–H groups in total. The average Bonchev–Trinajstić information content (AvgIpc) is 2.92. The molecule has 0 bridgehead atoms. The minimum absolute atomic E-state index is 0.547. The van der Waals surface area contributed by atoms with Crippen LogP contribution in [0.2, 0.25) is 0 Å². The first kappa shape index (κ1) is 16.2. The topological polar surface area (TPSA) is 70.3 Å². The molecular weight excluding hydrogens is 308 g/mol. The Morgan fingerprint density at radius 1 is 1.22 bits per heavy atom. The molecule has 0 aromatic carbocycles. The number of hydrogen-bond acceptors (Lipinski definition) is 7. The number of aromatic nitrogens is 2. The summed E-state index contributed by atoms with van der Waals surface area (Å²) < 4.78 is 0. The number of nitrogens with zero attached hydrogens (tertiary/aromatic N) is 4. The summed E-state index contributed by atoms with van der Waals surface area (Å²) in [4.78, 5) is 14.8. The third-order valence-electron chi connectivity index (χ3n) is 4.08. The summed E-state index contributed by atoms with van der Waals surface area (Å²) in [7, 11) is 0. The van der Waals surface area contributed by atoms with Crippen molar-refractivity contribution >= 4 is 28.1 Å². The molecule has 2 aromatic rings. The summed E-state index contributed by atoms with van der Waals surface area (Å²) in [6.07, 6.45) is 1.85. The largest absolute Gasteiger partial charge is 0.384 e. The van der Waals surface area contributed by atoms with E-state index >= 15 is 0 Å². The maximum absolute atomic E-state index is 5.97. The first-order valence-electron chi connectivity index (χ1n) is 8.03. The Kier molecular flexibility index (Phi) is 5.09. The van der Waals surface area contributed by atoms with Crippen LogP contribution in [0.15, 0.2) is 18.3 Å². The van der Waals surface area contributed by atoms with Crippen LogP contribution < -0.4 is 11.1 Å². The first-order chi connectivity index (χ1) is 11.1. The lowest BCUT2D eigenvalue weighted by Crippen LogP contribution is -2.45. The van der Waals surface area contributed by atoms with Gasteiger partial charge in [0.1, 0.15) is 11.6 Å². The molecular formula is C16H24N6S. The molecule has 7 heteroatoms. The number of thiazole rings is 1. The van der Waals surface area contributed by atoms with Gasteiger partial charge in [-0.3, -0.25) is 4.90 Å². The van der Waals surface area contributed by atoms with Crippen LogP contribution in [0, 0.1) is 6.92 Å². The highest BCUT2D eigenvalue weighted by atomic mass is 32.1. The number of hydrogen-bond donors (Lipinski definition) is 2. The molecule has 0 saturated carbocycles. The predicted octanol–water partition coefficient (Wildman–Crippen LogP) is 2.31. The van der Waals surface area contributed by atoms with Gasteiger partial charge in [0, 0.05) is 43.8 Å². The highest BCUT2D eigenvalue weighted by Gasteiger charge is 2.16. The van der Waals surface area contributed by atoms with Gasteiger partial charge in [-0.05, 0) is 31.2 Å². The molecule has 1 saturated heterocycles. The van der Waals surface area contributed by atoms with Crippen LogP contribution in [-0.2, 0) is 6.54 Å². The van der Waals surface area contributed by atoms with E-state index in [-0.39, 0.29) is 0 Å². The fraction of sp³-hybridized carbons (Fsp3) is 0.500. The van der Waals surface area contributed by atoms with Crippen LogP contribution in [0.5, 0.6) is 0 Å². The monoisotopic (exact) mass is 332 g/mol. The van der Waals surface area contributed by atoms with E-state index in [2.05, 4.69) is 38.1 Å². The fourth-order valence-electron chi connectivity index (χ4n) is 2.81. The number of likely N-dealkylation sites (N-methyl/N-ethyl adjacent to an activating group) is 1. The van der Waals surface area contributed by atoms with Crippen LogP contribution in [0.25, 0.3) is 0 Å². The molecule has 1 aliphatic rings. The smallest absolute Gasteiger partial charge is 0.188 e. The highest BCUT2D eigenvalue weighted by molar-refractivity contribution is 7.15. The molecule has 0 atom stereocenters. The van der Waals surface area contributed by atoms with Gasteiger partial charge < -0.3 is 16.0 Å². The maximum atomic E-state index is 5.97. The van der Waals surface area contributed by atoms with E-state index in [4.69, 9.17) is 5.73 Å². The van der Waals surface area contributed by atoms with Gasteiger partial charge in [-0.2, -0.15) is 0 Å². The van der Waals surface area contributed by atoms with Crippen molar-refractivity contribution in [3.8, 4) is 0 Å². The Morgan fingerprint density at radius 2 is 1.96 bits per heavy atom. The number of pyridine rings is 1. The third kappa shape index (κ3) is 4.40. The zero-order valence-electron chi connectivity index (χ0n) is 13.7. The van der Waals surface area contributed by atoms with Crippen molar-refractivity contribution < 1.29 is 0 Å². The zero-order valence-corrected chi connectivity index (χ0v) is 14.6. The standard InChI is InChI=1S/C16H24N6S/c1-3-21-4-6-22(7-5-21)11-13-8-14(17)19-15(9-13)20-16-18-10-12(2)23-16/h8-10H,3-7,11H2,1-2H3,(H3,17,18,19,20). The molecule has 3 heterocycles. The fourth-order valence-corrected chi connectivity index (χ4v) is 3.48. The van der Waals surface area contributed by atoms with Crippen molar-refractivity contribution in [3.63, 3.8) is 0 Å². The molecule has 23 heavy (non-hydrogen) atoms. The predicted molar refractivity (Wildman–Crippen MR) is 96.2 cm³/mol. The van der Waals surface area contributed by atoms with Crippen molar-refractivity contribution in [1.29, 1.82) is 0 Å². The molecule has 0 aliphatic carbocycles. The number of piperazine rings is 1. The van der Waals surface area contributed by atoms with Gasteiger partial charge in [0.25, 0.3) is 0 Å². The van der Waals surface area contributed by atoms with Gasteiger partial charge in [-0.15, -0.1) is 11.3 Å². The Hall–Kier alpha value is -1.70. The van der Waals surface area contributed by atoms with Gasteiger partial charge in [0.15, 0.2) is 5.13 Å². The minimum Gasteiger partial charge on any atom is -0.384 e. The van der Waals surface area contributed by atoms with E-state index in [0.717, 1.165) is 50.2 Å². The molecule has 0 radical (unpaired) electrons. The lowest BCUT2D eigenvalue weighted by molar-refractivity contribution is 0.132. The van der Waals surface area contributed by atoms with Crippen molar-refractivity contribution in [3.05, 3.63) is 28.8 Å². The van der Waals surface area contributed by atoms with Crippen LogP contribution in [0.1, 0.15) is 17.4 Å². The van der Waals surface area contributed by atoms with E-state index < -0.39 is 0 Å². The van der Waals surface area contributed by atoms with Crippen LogP contribution in [0.4, 0.5) is 16.8 Å². The second-order valence-corrected chi connectivity index (χ2v) is 7.13. The number of anilines is 3. The van der Waals surface area contributed by atoms with Crippen molar-refractivity contribution in [1.82, 2.24) is 19.8 Å². The maximum Gasteiger partial charge on any atom is 0.188 e. The lowest BCUT2D eigenvalue weighted by atomic mass is 10.2. The average molecular weight is 332 g/mol. The summed E-state index contributed by atoms with van der Waals surface area (Å²) in [6.45, 7) is 10.8. The SMILES string of the molecule is CCN1CCN(Cc2cc(N)nc(Nc3ncc(C)s3)c2)CC1. The van der Waals surface area contributed by atoms with E-state index in [1.165, 1.54) is 10.4 Å². The molecule has 2 aromatic heterocycles. The van der Waals surface area contributed by atoms with E-state index in [1.807, 2.05) is 19.2 Å². The summed E-state index contributed by atoms with van der Waals surface area (Å²) >= 11 is 1.61. The second kappa shape index (κ2) is 7.25. The number of nitrogens with two attached hydrogens (primary N) is 1. The highest BCUT2D eigenvalue weighted by Crippen LogP contribution is 2.22. The summed E-state index contributed by atoms with van der Waals surface area (Å²) in [5.74, 6) is 1.31. The van der Waals surface area contributed by atoms with Crippen LogP contribution >= 0.6 is 11.3 Å². The normalized spacial score (nSPS) is 16.6. The van der Waals surface area contributed by atoms with Crippen molar-refractivity contribution in [2.24, 2.45) is 0 Å². The molecule has 124 valence electrons. The number of rotatable bonds is 5. The summed E-state index contributed by atoms with van der Waals surface area (Å²) in [6, 6.07) is 4.03. The van der Waals surface area contributed by atoms with Gasteiger partial charge in [0.05, 0.1) is 0 Å². The molecule has 3 rings (SSSR count). The third-order valence-corrected chi connectivity index (χ3v) is 4.91. The number of aryl methyl sites for hydroxylation is 1. The number of nitrogens with one attached hydrogen (secondary N) is 1. The zero-order chi connectivity index (χ0) is 16.2. The molecule has 0 unspecified atom stereocenters. The Morgan fingerprint density at radius 3 is 2.61 bits per heavy atom. The van der Waals surface area contributed by atoms with Crippen LogP contribution in [0.3, 0.4) is 0 Å². The van der Waals surface area contributed by atoms with Gasteiger partial charge in [0.2, 0.25) is 0 Å². The second-order valence-electron chi connectivity index (χ2n) is 5.90. The molecule has 6 nitrogen and oxygen atoms in total. The lowest BCUT2D eigenvalue weighted by Gasteiger charge is -2.34. The van der Waals surface area contributed by atoms with Crippen LogP contribution in [-0.4, -0.2) is 52.5 Å². The van der Waals surface area contributed by atoms with Crippen molar-refractivity contribution in [2.75, 3.05) is 43.8 Å². The van der Waals surface area contributed by atoms with Gasteiger partial charge in [-0.25, -0.2) is 9.97 Å². The number of nitrogen functional groups attached to an aromatic ring is 1. The van der Waals surface area contributed by atoms with Gasteiger partial charge >= 0.3 is 0 Å². The molecule has 1 aliphatic heterocycles. The minimum atomic E-state index is 0.547. The molecule has 0 spiro atoms. The quantitative estimate of drug-likeness (QED) is 0.875. The van der Waals surface area contributed by atoms with Gasteiger partial charge in [-0.1, -0.05) is 6.92 Å². The van der Waals surface area contributed by atoms with Crippen molar-refractivity contribution in [2.45, 2.75) is 20.4 Å². The first-order valence-corrected chi connectivity index (χ1v) is 8.84.